The second kappa shape index (κ2) is 8.08. The van der Waals surface area contributed by atoms with E-state index in [9.17, 15) is 0 Å². The number of aromatic amines is 1. The number of nitrogens with zero attached hydrogens (tertiary/aromatic N) is 6. The van der Waals surface area contributed by atoms with Crippen LogP contribution in [0, 0.1) is 6.92 Å². The molecule has 0 fully saturated rings. The Bertz CT molecular complexity index is 1350. The molecule has 0 aliphatic heterocycles. The highest BCUT2D eigenvalue weighted by atomic mass is 15.3. The third kappa shape index (κ3) is 3.80. The summed E-state index contributed by atoms with van der Waals surface area (Å²) in [5, 5.41) is 20.1. The molecule has 5 aromatic rings. The van der Waals surface area contributed by atoms with Crippen molar-refractivity contribution in [2.24, 2.45) is 0 Å². The van der Waals surface area contributed by atoms with Crippen molar-refractivity contribution in [3.63, 3.8) is 0 Å². The van der Waals surface area contributed by atoms with Gasteiger partial charge >= 0.3 is 0 Å². The molecule has 0 unspecified atom stereocenters. The summed E-state index contributed by atoms with van der Waals surface area (Å²) in [6.45, 7) is 3.66. The minimum atomic E-state index is 0.734. The second-order valence-electron chi connectivity index (χ2n) is 7.41. The molecular formula is C23H22N8. The highest BCUT2D eigenvalue weighted by Crippen LogP contribution is 2.30. The maximum Gasteiger partial charge on any atom is 0.139 e. The van der Waals surface area contributed by atoms with E-state index >= 15 is 0 Å². The predicted octanol–water partition coefficient (Wildman–Crippen LogP) is 3.47. The molecule has 154 valence electrons. The fourth-order valence-electron chi connectivity index (χ4n) is 3.58. The molecular weight excluding hydrogens is 388 g/mol. The zero-order valence-electron chi connectivity index (χ0n) is 17.4. The molecule has 0 radical (unpaired) electrons. The number of aryl methyl sites for hydroxylation is 1. The van der Waals surface area contributed by atoms with Gasteiger partial charge in [-0.05, 0) is 44.3 Å². The topological polar surface area (TPSA) is 97.2 Å². The summed E-state index contributed by atoms with van der Waals surface area (Å²) in [7, 11) is 1.94. The lowest BCUT2D eigenvalue weighted by molar-refractivity contribution is 0.585. The molecule has 0 aliphatic carbocycles. The van der Waals surface area contributed by atoms with Gasteiger partial charge in [-0.3, -0.25) is 14.6 Å². The van der Waals surface area contributed by atoms with Gasteiger partial charge < -0.3 is 5.32 Å². The van der Waals surface area contributed by atoms with Crippen LogP contribution in [-0.2, 0) is 6.54 Å². The van der Waals surface area contributed by atoms with Crippen LogP contribution in [0.3, 0.4) is 0 Å². The molecule has 0 atom stereocenters. The second-order valence-corrected chi connectivity index (χ2v) is 7.41. The molecule has 0 aliphatic rings. The molecule has 31 heavy (non-hydrogen) atoms. The Morgan fingerprint density at radius 3 is 2.71 bits per heavy atom. The Kier molecular flexibility index (Phi) is 4.97. The lowest BCUT2D eigenvalue weighted by atomic mass is 10.0. The van der Waals surface area contributed by atoms with Crippen LogP contribution in [0.2, 0.25) is 0 Å². The number of H-pyrrole nitrogens is 1. The van der Waals surface area contributed by atoms with Crippen LogP contribution in [0.25, 0.3) is 44.7 Å². The van der Waals surface area contributed by atoms with E-state index in [4.69, 9.17) is 0 Å². The van der Waals surface area contributed by atoms with Gasteiger partial charge in [0.25, 0.3) is 0 Å². The first-order chi connectivity index (χ1) is 15.2. The molecule has 4 aromatic heterocycles. The Labute approximate surface area is 179 Å². The Morgan fingerprint density at radius 2 is 1.84 bits per heavy atom. The Hall–Kier alpha value is -3.91. The minimum Gasteiger partial charge on any atom is -0.318 e. The summed E-state index contributed by atoms with van der Waals surface area (Å²) in [6.07, 6.45) is 5.81. The zero-order valence-corrected chi connectivity index (χ0v) is 17.4. The number of hydrogen-bond donors (Lipinski definition) is 2. The maximum atomic E-state index is 4.64. The van der Waals surface area contributed by atoms with Gasteiger partial charge in [-0.25, -0.2) is 0 Å². The number of hydrogen-bond acceptors (Lipinski definition) is 6. The molecule has 0 spiro atoms. The van der Waals surface area contributed by atoms with E-state index in [0.717, 1.165) is 63.5 Å². The van der Waals surface area contributed by atoms with Crippen molar-refractivity contribution in [1.82, 2.24) is 40.5 Å². The van der Waals surface area contributed by atoms with Crippen molar-refractivity contribution in [2.75, 3.05) is 13.6 Å². The highest BCUT2D eigenvalue weighted by Gasteiger charge is 2.15. The fraction of sp³-hybridized carbons (Fsp3) is 0.174. The summed E-state index contributed by atoms with van der Waals surface area (Å²) in [5.74, 6) is 0. The van der Waals surface area contributed by atoms with Gasteiger partial charge in [0, 0.05) is 46.7 Å². The third-order valence-corrected chi connectivity index (χ3v) is 5.19. The van der Waals surface area contributed by atoms with E-state index in [1.54, 1.807) is 0 Å². The smallest absolute Gasteiger partial charge is 0.139 e. The molecule has 4 heterocycles. The van der Waals surface area contributed by atoms with E-state index in [2.05, 4.69) is 47.9 Å². The third-order valence-electron chi connectivity index (χ3n) is 5.19. The van der Waals surface area contributed by atoms with Crippen LogP contribution in [0.4, 0.5) is 0 Å². The molecule has 8 nitrogen and oxygen atoms in total. The van der Waals surface area contributed by atoms with Crippen LogP contribution in [-0.4, -0.2) is 48.8 Å². The van der Waals surface area contributed by atoms with Crippen molar-refractivity contribution in [2.45, 2.75) is 13.5 Å². The predicted molar refractivity (Wildman–Crippen MR) is 120 cm³/mol. The Balaban J connectivity index is 1.52. The Morgan fingerprint density at radius 1 is 0.968 bits per heavy atom. The lowest BCUT2D eigenvalue weighted by Crippen LogP contribution is -2.14. The highest BCUT2D eigenvalue weighted by molar-refractivity contribution is 5.89. The largest absolute Gasteiger partial charge is 0.318 e. The average molecular weight is 410 g/mol. The molecule has 0 saturated carbocycles. The van der Waals surface area contributed by atoms with Crippen LogP contribution in [0.15, 0.2) is 61.1 Å². The number of fused-ring (bicyclic) bond motifs is 1. The minimum absolute atomic E-state index is 0.734. The number of pyridine rings is 2. The first-order valence-corrected chi connectivity index (χ1v) is 10.1. The van der Waals surface area contributed by atoms with Crippen LogP contribution < -0.4 is 5.32 Å². The van der Waals surface area contributed by atoms with E-state index in [1.807, 2.05) is 67.6 Å². The van der Waals surface area contributed by atoms with E-state index < -0.39 is 0 Å². The standard InChI is InChI=1S/C23H22N8/c1-15-4-3-5-21(27-15)23-22(28-30-29-23)16-6-7-20-17(10-16)11-18(12-25-20)19-13-26-31(14-19)9-8-24-2/h3-7,10-14,24H,8-9H2,1-2H3,(H,28,29,30). The van der Waals surface area contributed by atoms with Crippen molar-refractivity contribution in [1.29, 1.82) is 0 Å². The van der Waals surface area contributed by atoms with Gasteiger partial charge in [-0.1, -0.05) is 12.1 Å². The normalized spacial score (nSPS) is 11.3. The summed E-state index contributed by atoms with van der Waals surface area (Å²) in [6, 6.07) is 14.1. The van der Waals surface area contributed by atoms with Crippen LogP contribution in [0.1, 0.15) is 5.69 Å². The van der Waals surface area contributed by atoms with Gasteiger partial charge in [-0.15, -0.1) is 0 Å². The zero-order chi connectivity index (χ0) is 21.2. The fourth-order valence-corrected chi connectivity index (χ4v) is 3.58. The molecule has 8 heteroatoms. The van der Waals surface area contributed by atoms with Gasteiger partial charge in [-0.2, -0.15) is 20.5 Å². The summed E-state index contributed by atoms with van der Waals surface area (Å²) in [4.78, 5) is 9.23. The van der Waals surface area contributed by atoms with Gasteiger partial charge in [0.15, 0.2) is 0 Å². The van der Waals surface area contributed by atoms with Crippen molar-refractivity contribution in [3.05, 3.63) is 66.7 Å². The lowest BCUT2D eigenvalue weighted by Gasteiger charge is -2.05. The quantitative estimate of drug-likeness (QED) is 0.445. The van der Waals surface area contributed by atoms with Crippen molar-refractivity contribution >= 4 is 10.9 Å². The van der Waals surface area contributed by atoms with E-state index in [0.29, 0.717) is 0 Å². The van der Waals surface area contributed by atoms with Gasteiger partial charge in [0.05, 0.1) is 24.0 Å². The molecule has 5 rings (SSSR count). The average Bonchev–Trinajstić information content (AvgIpc) is 3.47. The van der Waals surface area contributed by atoms with Gasteiger partial charge in [0.2, 0.25) is 0 Å². The number of likely N-dealkylation sites (N-methyl/N-ethyl adjacent to an activating group) is 1. The summed E-state index contributed by atoms with van der Waals surface area (Å²) >= 11 is 0. The maximum absolute atomic E-state index is 4.64. The molecule has 0 saturated heterocycles. The van der Waals surface area contributed by atoms with E-state index in [1.165, 1.54) is 0 Å². The first-order valence-electron chi connectivity index (χ1n) is 10.1. The molecule has 1 aromatic carbocycles. The number of rotatable bonds is 6. The number of aromatic nitrogens is 7. The molecule has 0 bridgehead atoms. The van der Waals surface area contributed by atoms with Crippen LogP contribution >= 0.6 is 0 Å². The number of benzene rings is 1. The monoisotopic (exact) mass is 410 g/mol. The van der Waals surface area contributed by atoms with E-state index in [-0.39, 0.29) is 0 Å². The van der Waals surface area contributed by atoms with Gasteiger partial charge in [0.1, 0.15) is 11.4 Å². The summed E-state index contributed by atoms with van der Waals surface area (Å²) in [5.41, 5.74) is 7.20. The van der Waals surface area contributed by atoms with Crippen LogP contribution in [0.5, 0.6) is 0 Å². The summed E-state index contributed by atoms with van der Waals surface area (Å²) < 4.78 is 1.93. The van der Waals surface area contributed by atoms with Crippen molar-refractivity contribution in [3.8, 4) is 33.8 Å². The first kappa shape index (κ1) is 19.1. The number of nitrogens with one attached hydrogen (secondary N) is 2. The molecule has 0 amide bonds. The molecule has 2 N–H and O–H groups in total. The van der Waals surface area contributed by atoms with Crippen molar-refractivity contribution < 1.29 is 0 Å². The SMILES string of the molecule is CNCCn1cc(-c2cnc3ccc(-c4n[nH]nc4-c4cccc(C)n4)cc3c2)cn1.